The fourth-order valence-corrected chi connectivity index (χ4v) is 4.20. The summed E-state index contributed by atoms with van der Waals surface area (Å²) >= 11 is 0. The molecule has 1 amide bonds. The maximum atomic E-state index is 13.3. The summed E-state index contributed by atoms with van der Waals surface area (Å²) in [4.78, 5) is 16.7. The van der Waals surface area contributed by atoms with Crippen LogP contribution in [0.5, 0.6) is 5.75 Å². The van der Waals surface area contributed by atoms with Crippen LogP contribution in [0, 0.1) is 6.92 Å². The summed E-state index contributed by atoms with van der Waals surface area (Å²) < 4.78 is 33.0. The Morgan fingerprint density at radius 1 is 1.10 bits per heavy atom. The zero-order valence-corrected chi connectivity index (χ0v) is 16.9. The minimum atomic E-state index is -3.98. The number of pyridine rings is 1. The predicted octanol–water partition coefficient (Wildman–Crippen LogP) is 3.23. The van der Waals surface area contributed by atoms with Gasteiger partial charge in [-0.2, -0.15) is 0 Å². The van der Waals surface area contributed by atoms with Crippen LogP contribution >= 0.6 is 0 Å². The molecule has 7 nitrogen and oxygen atoms in total. The summed E-state index contributed by atoms with van der Waals surface area (Å²) in [5.74, 6) is 0.0421. The van der Waals surface area contributed by atoms with E-state index in [1.807, 2.05) is 6.92 Å². The van der Waals surface area contributed by atoms with Crippen molar-refractivity contribution in [1.82, 2.24) is 4.98 Å². The molecule has 2 aromatic carbocycles. The standard InChI is InChI=1S/C21H21N3O4S/c1-16-10-11-18(13-20(16)28-2)24(29(26,27)19-8-4-3-5-9-19)15-21(25)23-17-7-6-12-22-14-17/h3-14H,15H2,1-2H3,(H,23,25). The van der Waals surface area contributed by atoms with E-state index in [2.05, 4.69) is 10.3 Å². The summed E-state index contributed by atoms with van der Waals surface area (Å²) in [6, 6.07) is 16.3. The van der Waals surface area contributed by atoms with Gasteiger partial charge in [-0.1, -0.05) is 24.3 Å². The zero-order valence-electron chi connectivity index (χ0n) is 16.1. The number of aromatic nitrogens is 1. The number of rotatable bonds is 7. The second-order valence-electron chi connectivity index (χ2n) is 6.27. The molecule has 0 spiro atoms. The van der Waals surface area contributed by atoms with Gasteiger partial charge in [-0.05, 0) is 42.8 Å². The van der Waals surface area contributed by atoms with Crippen LogP contribution in [0.1, 0.15) is 5.56 Å². The molecule has 0 fully saturated rings. The van der Waals surface area contributed by atoms with Crippen LogP contribution in [0.3, 0.4) is 0 Å². The minimum absolute atomic E-state index is 0.0914. The highest BCUT2D eigenvalue weighted by Crippen LogP contribution is 2.29. The van der Waals surface area contributed by atoms with Gasteiger partial charge in [0.05, 0.1) is 29.6 Å². The van der Waals surface area contributed by atoms with Crippen LogP contribution in [0.25, 0.3) is 0 Å². The molecule has 3 rings (SSSR count). The van der Waals surface area contributed by atoms with Crippen LogP contribution in [-0.4, -0.2) is 33.0 Å². The van der Waals surface area contributed by atoms with Crippen LogP contribution in [0.4, 0.5) is 11.4 Å². The maximum Gasteiger partial charge on any atom is 0.264 e. The number of ether oxygens (including phenoxy) is 1. The molecule has 0 radical (unpaired) electrons. The number of nitrogens with one attached hydrogen (secondary N) is 1. The van der Waals surface area contributed by atoms with Crippen molar-refractivity contribution >= 4 is 27.3 Å². The Balaban J connectivity index is 1.99. The number of benzene rings is 2. The molecule has 0 bridgehead atoms. The van der Waals surface area contributed by atoms with Gasteiger partial charge >= 0.3 is 0 Å². The number of hydrogen-bond acceptors (Lipinski definition) is 5. The van der Waals surface area contributed by atoms with Crippen molar-refractivity contribution in [3.63, 3.8) is 0 Å². The summed E-state index contributed by atoms with van der Waals surface area (Å²) in [6.07, 6.45) is 3.07. The van der Waals surface area contributed by atoms with Crippen molar-refractivity contribution in [3.8, 4) is 5.75 Å². The Kier molecular flexibility index (Phi) is 6.13. The van der Waals surface area contributed by atoms with Crippen LogP contribution in [0.15, 0.2) is 78.0 Å². The lowest BCUT2D eigenvalue weighted by molar-refractivity contribution is -0.114. The van der Waals surface area contributed by atoms with E-state index in [0.29, 0.717) is 17.1 Å². The van der Waals surface area contributed by atoms with Crippen molar-refractivity contribution in [2.24, 2.45) is 0 Å². The molecular formula is C21H21N3O4S. The molecule has 0 aliphatic rings. The van der Waals surface area contributed by atoms with E-state index >= 15 is 0 Å². The summed E-state index contributed by atoms with van der Waals surface area (Å²) in [5, 5.41) is 2.67. The third kappa shape index (κ3) is 4.72. The smallest absolute Gasteiger partial charge is 0.264 e. The Morgan fingerprint density at radius 3 is 2.52 bits per heavy atom. The topological polar surface area (TPSA) is 88.6 Å². The first-order valence-electron chi connectivity index (χ1n) is 8.84. The minimum Gasteiger partial charge on any atom is -0.496 e. The van der Waals surface area contributed by atoms with Crippen molar-refractivity contribution in [1.29, 1.82) is 0 Å². The molecule has 0 aliphatic heterocycles. The molecule has 0 saturated carbocycles. The number of anilines is 2. The normalized spacial score (nSPS) is 11.0. The highest BCUT2D eigenvalue weighted by Gasteiger charge is 2.27. The molecule has 150 valence electrons. The molecule has 29 heavy (non-hydrogen) atoms. The second-order valence-corrected chi connectivity index (χ2v) is 8.13. The number of sulfonamides is 1. The lowest BCUT2D eigenvalue weighted by Crippen LogP contribution is -2.38. The number of hydrogen-bond donors (Lipinski definition) is 1. The Morgan fingerprint density at radius 2 is 1.86 bits per heavy atom. The number of nitrogens with zero attached hydrogens (tertiary/aromatic N) is 2. The van der Waals surface area contributed by atoms with Crippen LogP contribution < -0.4 is 14.4 Å². The number of aryl methyl sites for hydroxylation is 1. The first-order valence-corrected chi connectivity index (χ1v) is 10.3. The third-order valence-electron chi connectivity index (χ3n) is 4.24. The molecule has 0 saturated heterocycles. The van der Waals surface area contributed by atoms with Crippen LogP contribution in [0.2, 0.25) is 0 Å². The Bertz CT molecular complexity index is 1090. The van der Waals surface area contributed by atoms with E-state index in [1.165, 1.54) is 25.4 Å². The molecule has 8 heteroatoms. The fourth-order valence-electron chi connectivity index (χ4n) is 2.77. The number of carbonyl (C=O) groups is 1. The SMILES string of the molecule is COc1cc(N(CC(=O)Nc2cccnc2)S(=O)(=O)c2ccccc2)ccc1C. The van der Waals surface area contributed by atoms with E-state index < -0.39 is 22.5 Å². The molecular weight excluding hydrogens is 390 g/mol. The Labute approximate surface area is 170 Å². The highest BCUT2D eigenvalue weighted by molar-refractivity contribution is 7.92. The summed E-state index contributed by atoms with van der Waals surface area (Å²) in [6.45, 7) is 1.45. The van der Waals surface area contributed by atoms with Crippen molar-refractivity contribution in [2.75, 3.05) is 23.3 Å². The van der Waals surface area contributed by atoms with E-state index in [1.54, 1.807) is 54.7 Å². The van der Waals surface area contributed by atoms with E-state index in [9.17, 15) is 13.2 Å². The molecule has 0 aliphatic carbocycles. The highest BCUT2D eigenvalue weighted by atomic mass is 32.2. The number of amides is 1. The largest absolute Gasteiger partial charge is 0.496 e. The van der Waals surface area contributed by atoms with Crippen molar-refractivity contribution in [2.45, 2.75) is 11.8 Å². The quantitative estimate of drug-likeness (QED) is 0.645. The monoisotopic (exact) mass is 411 g/mol. The maximum absolute atomic E-state index is 13.3. The lowest BCUT2D eigenvalue weighted by Gasteiger charge is -2.25. The molecule has 1 N–H and O–H groups in total. The van der Waals surface area contributed by atoms with E-state index in [-0.39, 0.29) is 4.90 Å². The van der Waals surface area contributed by atoms with Gasteiger partial charge in [-0.25, -0.2) is 8.42 Å². The average molecular weight is 411 g/mol. The zero-order chi connectivity index (χ0) is 20.9. The van der Waals surface area contributed by atoms with Gasteiger partial charge in [-0.15, -0.1) is 0 Å². The van der Waals surface area contributed by atoms with E-state index in [0.717, 1.165) is 9.87 Å². The summed E-state index contributed by atoms with van der Waals surface area (Å²) in [7, 11) is -2.47. The van der Waals surface area contributed by atoms with E-state index in [4.69, 9.17) is 4.74 Å². The van der Waals surface area contributed by atoms with Gasteiger partial charge in [0.2, 0.25) is 5.91 Å². The molecule has 0 atom stereocenters. The second kappa shape index (κ2) is 8.74. The van der Waals surface area contributed by atoms with Gasteiger partial charge < -0.3 is 10.1 Å². The van der Waals surface area contributed by atoms with Crippen LogP contribution in [-0.2, 0) is 14.8 Å². The number of carbonyl (C=O) groups excluding carboxylic acids is 1. The first-order chi connectivity index (χ1) is 13.9. The van der Waals surface area contributed by atoms with Gasteiger partial charge in [-0.3, -0.25) is 14.1 Å². The van der Waals surface area contributed by atoms with Gasteiger partial charge in [0, 0.05) is 12.3 Å². The Hall–Kier alpha value is -3.39. The first kappa shape index (κ1) is 20.3. The van der Waals surface area contributed by atoms with Gasteiger partial charge in [0.25, 0.3) is 10.0 Å². The average Bonchev–Trinajstić information content (AvgIpc) is 2.74. The fraction of sp³-hybridized carbons (Fsp3) is 0.143. The third-order valence-corrected chi connectivity index (χ3v) is 6.03. The lowest BCUT2D eigenvalue weighted by atomic mass is 10.2. The summed E-state index contributed by atoms with van der Waals surface area (Å²) in [5.41, 5.74) is 1.67. The molecule has 1 aromatic heterocycles. The predicted molar refractivity (Wildman–Crippen MR) is 112 cm³/mol. The van der Waals surface area contributed by atoms with Gasteiger partial charge in [0.1, 0.15) is 12.3 Å². The van der Waals surface area contributed by atoms with Crippen molar-refractivity contribution in [3.05, 3.63) is 78.6 Å². The molecule has 3 aromatic rings. The number of methoxy groups -OCH3 is 1. The van der Waals surface area contributed by atoms with Gasteiger partial charge in [0.15, 0.2) is 0 Å². The molecule has 0 unspecified atom stereocenters. The molecule has 1 heterocycles. The van der Waals surface area contributed by atoms with Crippen molar-refractivity contribution < 1.29 is 17.9 Å².